The second-order valence-corrected chi connectivity index (χ2v) is 6.20. The van der Waals surface area contributed by atoms with Crippen molar-refractivity contribution >= 4 is 11.1 Å². The van der Waals surface area contributed by atoms with E-state index in [4.69, 9.17) is 10.5 Å². The highest BCUT2D eigenvalue weighted by Gasteiger charge is 2.27. The largest absolute Gasteiger partial charge is 0.394 e. The van der Waals surface area contributed by atoms with E-state index in [9.17, 15) is 15.5 Å². The van der Waals surface area contributed by atoms with E-state index in [1.165, 1.54) is 0 Å². The van der Waals surface area contributed by atoms with Gasteiger partial charge in [0.15, 0.2) is 0 Å². The van der Waals surface area contributed by atoms with Crippen molar-refractivity contribution < 1.29 is 10.2 Å². The van der Waals surface area contributed by atoms with Gasteiger partial charge in [-0.3, -0.25) is 0 Å². The number of hydrogen-bond donors (Lipinski definition) is 2. The maximum Gasteiger partial charge on any atom is 0.136 e. The molecule has 6 nitrogen and oxygen atoms in total. The Kier molecular flexibility index (Phi) is 6.31. The van der Waals surface area contributed by atoms with E-state index in [1.54, 1.807) is 66.7 Å². The van der Waals surface area contributed by atoms with Crippen LogP contribution in [0.3, 0.4) is 0 Å². The SMILES string of the molecule is CC(CO)(CO)N1C=CC(=CC(C#N)=c2ccc(=C(C#N)C#N)cc2)C=C1. The fourth-order valence-corrected chi connectivity index (χ4v) is 2.42. The summed E-state index contributed by atoms with van der Waals surface area (Å²) in [5, 5.41) is 47.4. The van der Waals surface area contributed by atoms with Crippen LogP contribution in [0.2, 0.25) is 0 Å². The standard InChI is InChI=1S/C21H18N4O2/c1-21(14-26,15-27)25-8-6-16(7-9-25)10-19(11-22)17-2-4-18(5-3-17)20(12-23)13-24/h2-10,26-27H,14-15H2,1H3. The maximum absolute atomic E-state index is 9.47. The molecule has 0 unspecified atom stereocenters. The van der Waals surface area contributed by atoms with Crippen LogP contribution in [0.5, 0.6) is 0 Å². The zero-order valence-corrected chi connectivity index (χ0v) is 14.8. The summed E-state index contributed by atoms with van der Waals surface area (Å²) < 4.78 is 0. The predicted octanol–water partition coefficient (Wildman–Crippen LogP) is 0.571. The van der Waals surface area contributed by atoms with Crippen molar-refractivity contribution in [2.24, 2.45) is 0 Å². The zero-order chi connectivity index (χ0) is 19.9. The second-order valence-electron chi connectivity index (χ2n) is 6.20. The Balaban J connectivity index is 2.39. The Hall–Kier alpha value is -3.63. The normalized spacial score (nSPS) is 12.7. The second kappa shape index (κ2) is 8.65. The van der Waals surface area contributed by atoms with Crippen LogP contribution in [0.1, 0.15) is 6.92 Å². The van der Waals surface area contributed by atoms with Gasteiger partial charge in [0, 0.05) is 17.6 Å². The molecule has 27 heavy (non-hydrogen) atoms. The summed E-state index contributed by atoms with van der Waals surface area (Å²) in [5.41, 5.74) is 0.437. The van der Waals surface area contributed by atoms with Crippen molar-refractivity contribution in [1.29, 1.82) is 15.8 Å². The number of allylic oxidation sites excluding steroid dienone is 4. The highest BCUT2D eigenvalue weighted by Crippen LogP contribution is 2.20. The summed E-state index contributed by atoms with van der Waals surface area (Å²) in [4.78, 5) is 1.71. The van der Waals surface area contributed by atoms with Gasteiger partial charge in [-0.15, -0.1) is 0 Å². The first-order chi connectivity index (χ1) is 13.0. The van der Waals surface area contributed by atoms with Gasteiger partial charge in [-0.2, -0.15) is 15.8 Å². The van der Waals surface area contributed by atoms with Crippen LogP contribution in [0.25, 0.3) is 11.1 Å². The number of rotatable bonds is 4. The van der Waals surface area contributed by atoms with Crippen molar-refractivity contribution in [3.05, 3.63) is 70.9 Å². The third kappa shape index (κ3) is 4.32. The molecule has 134 valence electrons. The van der Waals surface area contributed by atoms with Crippen LogP contribution in [-0.2, 0) is 0 Å². The smallest absolute Gasteiger partial charge is 0.136 e. The van der Waals surface area contributed by atoms with Crippen LogP contribution in [0.4, 0.5) is 0 Å². The Labute approximate surface area is 157 Å². The molecule has 0 amide bonds. The van der Waals surface area contributed by atoms with Crippen molar-refractivity contribution in [1.82, 2.24) is 4.90 Å². The van der Waals surface area contributed by atoms with Gasteiger partial charge in [-0.05, 0) is 35.9 Å². The number of benzene rings is 1. The predicted molar refractivity (Wildman–Crippen MR) is 100 cm³/mol. The average Bonchev–Trinajstić information content (AvgIpc) is 2.73. The van der Waals surface area contributed by atoms with Crippen molar-refractivity contribution in [2.45, 2.75) is 12.5 Å². The molecule has 0 bridgehead atoms. The van der Waals surface area contributed by atoms with E-state index in [0.717, 1.165) is 5.57 Å². The molecule has 1 aliphatic heterocycles. The van der Waals surface area contributed by atoms with E-state index in [2.05, 4.69) is 6.07 Å². The van der Waals surface area contributed by atoms with E-state index >= 15 is 0 Å². The van der Waals surface area contributed by atoms with Gasteiger partial charge in [-0.1, -0.05) is 24.3 Å². The molecule has 2 N–H and O–H groups in total. The minimum Gasteiger partial charge on any atom is -0.394 e. The fraction of sp³-hybridized carbons (Fsp3) is 0.190. The minimum absolute atomic E-state index is 0.0208. The van der Waals surface area contributed by atoms with E-state index in [-0.39, 0.29) is 18.8 Å². The molecule has 1 aromatic carbocycles. The zero-order valence-electron chi connectivity index (χ0n) is 14.8. The van der Waals surface area contributed by atoms with Gasteiger partial charge < -0.3 is 15.1 Å². The van der Waals surface area contributed by atoms with Crippen molar-refractivity contribution in [3.63, 3.8) is 0 Å². The third-order valence-electron chi connectivity index (χ3n) is 4.30. The molecular formula is C21H18N4O2. The highest BCUT2D eigenvalue weighted by molar-refractivity contribution is 5.74. The first-order valence-corrected chi connectivity index (χ1v) is 8.14. The molecule has 0 saturated carbocycles. The monoisotopic (exact) mass is 358 g/mol. The first-order valence-electron chi connectivity index (χ1n) is 8.14. The van der Waals surface area contributed by atoms with E-state index < -0.39 is 5.54 Å². The minimum atomic E-state index is -0.800. The molecule has 1 aromatic rings. The lowest BCUT2D eigenvalue weighted by Gasteiger charge is -2.36. The van der Waals surface area contributed by atoms with Crippen LogP contribution in [0.15, 0.2) is 60.5 Å². The quantitative estimate of drug-likeness (QED) is 0.813. The molecule has 0 aromatic heterocycles. The number of hydrogen-bond acceptors (Lipinski definition) is 6. The molecule has 1 aliphatic rings. The first kappa shape index (κ1) is 19.7. The summed E-state index contributed by atoms with van der Waals surface area (Å²) in [6.45, 7) is 1.33. The number of nitriles is 3. The molecule has 0 fully saturated rings. The van der Waals surface area contributed by atoms with Crippen LogP contribution in [-0.4, -0.2) is 33.9 Å². The lowest BCUT2D eigenvalue weighted by atomic mass is 10.0. The summed E-state index contributed by atoms with van der Waals surface area (Å²) >= 11 is 0. The summed E-state index contributed by atoms with van der Waals surface area (Å²) in [7, 11) is 0. The summed E-state index contributed by atoms with van der Waals surface area (Å²) in [6, 6.07) is 12.5. The summed E-state index contributed by atoms with van der Waals surface area (Å²) in [6.07, 6.45) is 8.75. The molecule has 2 rings (SSSR count). The lowest BCUT2D eigenvalue weighted by molar-refractivity contribution is 0.0528. The van der Waals surface area contributed by atoms with E-state index in [1.807, 2.05) is 12.1 Å². The lowest BCUT2D eigenvalue weighted by Crippen LogP contribution is -2.47. The average molecular weight is 358 g/mol. The van der Waals surface area contributed by atoms with Crippen LogP contribution >= 0.6 is 0 Å². The van der Waals surface area contributed by atoms with Gasteiger partial charge >= 0.3 is 0 Å². The van der Waals surface area contributed by atoms with Crippen LogP contribution in [0, 0.1) is 34.0 Å². The molecule has 0 atom stereocenters. The third-order valence-corrected chi connectivity index (χ3v) is 4.30. The molecule has 0 saturated heterocycles. The van der Waals surface area contributed by atoms with Gasteiger partial charge in [0.1, 0.15) is 17.7 Å². The molecule has 0 aliphatic carbocycles. The molecule has 6 heteroatoms. The highest BCUT2D eigenvalue weighted by atomic mass is 16.3. The van der Waals surface area contributed by atoms with Crippen molar-refractivity contribution in [3.8, 4) is 18.2 Å². The Morgan fingerprint density at radius 2 is 1.48 bits per heavy atom. The maximum atomic E-state index is 9.47. The molecular weight excluding hydrogens is 340 g/mol. The van der Waals surface area contributed by atoms with Crippen LogP contribution < -0.4 is 10.4 Å². The fourth-order valence-electron chi connectivity index (χ4n) is 2.42. The number of nitrogens with zero attached hydrogens (tertiary/aromatic N) is 4. The Morgan fingerprint density at radius 1 is 0.963 bits per heavy atom. The Bertz CT molecular complexity index is 1000. The number of aliphatic hydroxyl groups is 2. The van der Waals surface area contributed by atoms with Gasteiger partial charge in [0.2, 0.25) is 0 Å². The number of aliphatic hydroxyl groups excluding tert-OH is 2. The van der Waals surface area contributed by atoms with E-state index in [0.29, 0.717) is 16.0 Å². The molecule has 1 heterocycles. The van der Waals surface area contributed by atoms with Gasteiger partial charge in [-0.25, -0.2) is 0 Å². The molecule has 0 spiro atoms. The van der Waals surface area contributed by atoms with Gasteiger partial charge in [0.05, 0.1) is 30.4 Å². The summed E-state index contributed by atoms with van der Waals surface area (Å²) in [5.74, 6) is 0. The molecule has 0 radical (unpaired) electrons. The topological polar surface area (TPSA) is 115 Å². The van der Waals surface area contributed by atoms with Crippen molar-refractivity contribution in [2.75, 3.05) is 13.2 Å². The van der Waals surface area contributed by atoms with Gasteiger partial charge in [0.25, 0.3) is 0 Å². The Morgan fingerprint density at radius 3 is 1.93 bits per heavy atom.